The summed E-state index contributed by atoms with van der Waals surface area (Å²) in [5.41, 5.74) is 6.85. The van der Waals surface area contributed by atoms with Crippen molar-refractivity contribution in [2.45, 2.75) is 57.9 Å². The van der Waals surface area contributed by atoms with E-state index < -0.39 is 0 Å². The third-order valence-corrected chi connectivity index (χ3v) is 7.64. The lowest BCUT2D eigenvalue weighted by atomic mass is 9.48. The molecule has 5 aliphatic rings. The first kappa shape index (κ1) is 13.6. The molecular weight excluding hydrogens is 244 g/mol. The van der Waals surface area contributed by atoms with Crippen molar-refractivity contribution in [3.8, 4) is 0 Å². The molecule has 4 aliphatic carbocycles. The molecule has 5 fully saturated rings. The van der Waals surface area contributed by atoms with Crippen LogP contribution in [0, 0.1) is 35.5 Å². The van der Waals surface area contributed by atoms with Gasteiger partial charge in [-0.05, 0) is 80.6 Å². The van der Waals surface area contributed by atoms with Crippen molar-refractivity contribution >= 4 is 0 Å². The SMILES string of the molecule is CC(C)C1CCN(C2(CN)C3CC4CC(C3)CC2C4)C1. The largest absolute Gasteiger partial charge is 0.329 e. The number of likely N-dealkylation sites (tertiary alicyclic amines) is 1. The number of nitrogens with two attached hydrogens (primary N) is 1. The molecule has 0 radical (unpaired) electrons. The molecule has 0 aromatic rings. The van der Waals surface area contributed by atoms with E-state index in [9.17, 15) is 0 Å². The lowest BCUT2D eigenvalue weighted by molar-refractivity contribution is -0.125. The molecule has 2 nitrogen and oxygen atoms in total. The zero-order valence-electron chi connectivity index (χ0n) is 13.4. The fourth-order valence-electron chi connectivity index (χ4n) is 6.69. The molecule has 1 saturated heterocycles. The summed E-state index contributed by atoms with van der Waals surface area (Å²) in [7, 11) is 0. The Bertz CT molecular complexity index is 348. The summed E-state index contributed by atoms with van der Waals surface area (Å²) in [4.78, 5) is 2.88. The van der Waals surface area contributed by atoms with Gasteiger partial charge in [0.15, 0.2) is 0 Å². The van der Waals surface area contributed by atoms with Gasteiger partial charge >= 0.3 is 0 Å². The molecule has 1 atom stereocenters. The van der Waals surface area contributed by atoms with E-state index >= 15 is 0 Å². The van der Waals surface area contributed by atoms with Crippen LogP contribution >= 0.6 is 0 Å². The van der Waals surface area contributed by atoms with Crippen LogP contribution < -0.4 is 5.73 Å². The molecule has 4 bridgehead atoms. The van der Waals surface area contributed by atoms with Gasteiger partial charge in [-0.2, -0.15) is 0 Å². The van der Waals surface area contributed by atoms with Crippen LogP contribution in [0.2, 0.25) is 0 Å². The Labute approximate surface area is 124 Å². The van der Waals surface area contributed by atoms with Gasteiger partial charge in [0.2, 0.25) is 0 Å². The molecule has 1 heterocycles. The second kappa shape index (κ2) is 4.71. The molecule has 4 saturated carbocycles. The number of hydrogen-bond donors (Lipinski definition) is 1. The first-order chi connectivity index (χ1) is 9.63. The third-order valence-electron chi connectivity index (χ3n) is 7.64. The van der Waals surface area contributed by atoms with Gasteiger partial charge in [-0.25, -0.2) is 0 Å². The average molecular weight is 276 g/mol. The minimum absolute atomic E-state index is 0.400. The molecule has 0 spiro atoms. The van der Waals surface area contributed by atoms with Crippen molar-refractivity contribution in [3.63, 3.8) is 0 Å². The standard InChI is InChI=1S/C18H32N2/c1-12(2)15-3-4-20(10-15)18(11-19)16-6-13-5-14(8-16)9-17(18)7-13/h12-17H,3-11,19H2,1-2H3. The first-order valence-corrected chi connectivity index (χ1v) is 9.08. The molecule has 2 heteroatoms. The van der Waals surface area contributed by atoms with E-state index in [1.165, 1.54) is 45.2 Å². The predicted molar refractivity (Wildman–Crippen MR) is 83.3 cm³/mol. The minimum atomic E-state index is 0.400. The van der Waals surface area contributed by atoms with E-state index in [-0.39, 0.29) is 0 Å². The summed E-state index contributed by atoms with van der Waals surface area (Å²) >= 11 is 0. The summed E-state index contributed by atoms with van der Waals surface area (Å²) in [5.74, 6) is 5.72. The van der Waals surface area contributed by atoms with Gasteiger partial charge in [0.1, 0.15) is 0 Å². The van der Waals surface area contributed by atoms with Crippen molar-refractivity contribution in [2.24, 2.45) is 41.2 Å². The van der Waals surface area contributed by atoms with Crippen LogP contribution in [-0.4, -0.2) is 30.1 Å². The molecule has 5 rings (SSSR count). The van der Waals surface area contributed by atoms with Crippen LogP contribution in [0.15, 0.2) is 0 Å². The minimum Gasteiger partial charge on any atom is -0.329 e. The van der Waals surface area contributed by atoms with E-state index in [1.54, 1.807) is 6.42 Å². The van der Waals surface area contributed by atoms with Gasteiger partial charge in [-0.3, -0.25) is 4.90 Å². The van der Waals surface area contributed by atoms with Crippen molar-refractivity contribution in [3.05, 3.63) is 0 Å². The van der Waals surface area contributed by atoms with Crippen LogP contribution in [0.5, 0.6) is 0 Å². The Morgan fingerprint density at radius 3 is 2.10 bits per heavy atom. The van der Waals surface area contributed by atoms with Gasteiger partial charge < -0.3 is 5.73 Å². The summed E-state index contributed by atoms with van der Waals surface area (Å²) < 4.78 is 0. The van der Waals surface area contributed by atoms with Crippen molar-refractivity contribution in [1.82, 2.24) is 4.90 Å². The molecule has 1 aliphatic heterocycles. The fraction of sp³-hybridized carbons (Fsp3) is 1.00. The van der Waals surface area contributed by atoms with Crippen LogP contribution in [0.1, 0.15) is 52.4 Å². The quantitative estimate of drug-likeness (QED) is 0.858. The summed E-state index contributed by atoms with van der Waals surface area (Å²) in [6, 6.07) is 0. The van der Waals surface area contributed by atoms with Crippen molar-refractivity contribution in [2.75, 3.05) is 19.6 Å². The summed E-state index contributed by atoms with van der Waals surface area (Å²) in [6.07, 6.45) is 8.92. The number of nitrogens with zero attached hydrogens (tertiary/aromatic N) is 1. The predicted octanol–water partition coefficient (Wildman–Crippen LogP) is 3.12. The van der Waals surface area contributed by atoms with Crippen molar-refractivity contribution < 1.29 is 0 Å². The molecule has 1 unspecified atom stereocenters. The third kappa shape index (κ3) is 1.76. The van der Waals surface area contributed by atoms with E-state index in [2.05, 4.69) is 18.7 Å². The summed E-state index contributed by atoms with van der Waals surface area (Å²) in [5, 5.41) is 0. The smallest absolute Gasteiger partial charge is 0.0388 e. The van der Waals surface area contributed by atoms with E-state index in [4.69, 9.17) is 5.73 Å². The lowest BCUT2D eigenvalue weighted by Gasteiger charge is -2.64. The fourth-order valence-corrected chi connectivity index (χ4v) is 6.69. The number of rotatable bonds is 3. The Balaban J connectivity index is 1.61. The Hall–Kier alpha value is -0.0800. The maximum Gasteiger partial charge on any atom is 0.0388 e. The maximum atomic E-state index is 6.45. The van der Waals surface area contributed by atoms with Crippen LogP contribution in [0.3, 0.4) is 0 Å². The Morgan fingerprint density at radius 1 is 1.05 bits per heavy atom. The zero-order chi connectivity index (χ0) is 13.9. The highest BCUT2D eigenvalue weighted by molar-refractivity contribution is 5.13. The van der Waals surface area contributed by atoms with E-state index in [0.29, 0.717) is 5.54 Å². The van der Waals surface area contributed by atoms with Crippen molar-refractivity contribution in [1.29, 1.82) is 0 Å². The molecule has 0 aromatic carbocycles. The highest BCUT2D eigenvalue weighted by Crippen LogP contribution is 2.60. The molecule has 2 N–H and O–H groups in total. The lowest BCUT2D eigenvalue weighted by Crippen LogP contribution is -2.68. The molecule has 0 aromatic heterocycles. The molecule has 20 heavy (non-hydrogen) atoms. The van der Waals surface area contributed by atoms with Gasteiger partial charge in [0.25, 0.3) is 0 Å². The maximum absolute atomic E-state index is 6.45. The molecular formula is C18H32N2. The van der Waals surface area contributed by atoms with Crippen LogP contribution in [0.4, 0.5) is 0 Å². The first-order valence-electron chi connectivity index (χ1n) is 9.08. The van der Waals surface area contributed by atoms with Gasteiger partial charge in [0, 0.05) is 18.6 Å². The second-order valence-electron chi connectivity index (χ2n) is 8.74. The normalized spacial score (nSPS) is 51.3. The summed E-state index contributed by atoms with van der Waals surface area (Å²) in [6.45, 7) is 8.38. The van der Waals surface area contributed by atoms with E-state index in [1.807, 2.05) is 0 Å². The average Bonchev–Trinajstić information content (AvgIpc) is 2.89. The Morgan fingerprint density at radius 2 is 1.65 bits per heavy atom. The zero-order valence-corrected chi connectivity index (χ0v) is 13.4. The van der Waals surface area contributed by atoms with Gasteiger partial charge in [-0.15, -0.1) is 0 Å². The van der Waals surface area contributed by atoms with Gasteiger partial charge in [0.05, 0.1) is 0 Å². The molecule has 114 valence electrons. The monoisotopic (exact) mass is 276 g/mol. The van der Waals surface area contributed by atoms with Gasteiger partial charge in [-0.1, -0.05) is 13.8 Å². The van der Waals surface area contributed by atoms with Crippen LogP contribution in [0.25, 0.3) is 0 Å². The van der Waals surface area contributed by atoms with E-state index in [0.717, 1.165) is 42.1 Å². The molecule has 0 amide bonds. The Kier molecular flexibility index (Phi) is 3.20. The highest BCUT2D eigenvalue weighted by atomic mass is 15.2. The van der Waals surface area contributed by atoms with Crippen LogP contribution in [-0.2, 0) is 0 Å². The second-order valence-corrected chi connectivity index (χ2v) is 8.74. The number of hydrogen-bond acceptors (Lipinski definition) is 2. The topological polar surface area (TPSA) is 29.3 Å². The highest BCUT2D eigenvalue weighted by Gasteiger charge is 2.59.